The van der Waals surface area contributed by atoms with E-state index in [1.54, 1.807) is 12.1 Å². The average molecular weight is 533 g/mol. The van der Waals surface area contributed by atoms with Crippen LogP contribution in [0.25, 0.3) is 0 Å². The van der Waals surface area contributed by atoms with Gasteiger partial charge in [0.15, 0.2) is 6.10 Å². The zero-order valence-electron chi connectivity index (χ0n) is 19.3. The Morgan fingerprint density at radius 1 is 0.946 bits per heavy atom. The van der Waals surface area contributed by atoms with Gasteiger partial charge in [0, 0.05) is 18.8 Å². The SMILES string of the molecule is CCc1ccc(Oc2ccnc(N(Cc3cccc(OC(F)(F)C(F)F)c3)CC(O)C(F)(F)F)n2)cc1. The number of aromatic nitrogens is 2. The minimum Gasteiger partial charge on any atom is -0.439 e. The Balaban J connectivity index is 1.87. The number of ether oxygens (including phenoxy) is 2. The molecule has 1 aromatic heterocycles. The number of hydrogen-bond donors (Lipinski definition) is 1. The summed E-state index contributed by atoms with van der Waals surface area (Å²) in [5.41, 5.74) is 1.16. The van der Waals surface area contributed by atoms with Gasteiger partial charge >= 0.3 is 18.7 Å². The fraction of sp³-hybridized carbons (Fsp3) is 0.333. The Bertz CT molecular complexity index is 1160. The van der Waals surface area contributed by atoms with Gasteiger partial charge in [0.1, 0.15) is 11.5 Å². The summed E-state index contributed by atoms with van der Waals surface area (Å²) in [6.45, 7) is 0.540. The van der Waals surface area contributed by atoms with E-state index in [-0.39, 0.29) is 17.4 Å². The van der Waals surface area contributed by atoms with Gasteiger partial charge in [-0.15, -0.1) is 0 Å². The zero-order chi connectivity index (χ0) is 27.2. The maximum atomic E-state index is 13.3. The molecular weight excluding hydrogens is 511 g/mol. The van der Waals surface area contributed by atoms with Crippen LogP contribution in [0.4, 0.5) is 36.7 Å². The normalized spacial score (nSPS) is 12.9. The number of aryl methyl sites for hydroxylation is 1. The van der Waals surface area contributed by atoms with Crippen molar-refractivity contribution in [1.29, 1.82) is 0 Å². The molecule has 0 saturated carbocycles. The molecule has 0 aliphatic carbocycles. The molecule has 13 heteroatoms. The zero-order valence-corrected chi connectivity index (χ0v) is 19.3. The second-order valence-electron chi connectivity index (χ2n) is 7.84. The number of anilines is 1. The van der Waals surface area contributed by atoms with Gasteiger partial charge in [0.25, 0.3) is 0 Å². The monoisotopic (exact) mass is 533 g/mol. The van der Waals surface area contributed by atoms with E-state index in [0.29, 0.717) is 5.75 Å². The predicted molar refractivity (Wildman–Crippen MR) is 119 cm³/mol. The van der Waals surface area contributed by atoms with E-state index in [0.717, 1.165) is 29.0 Å². The molecule has 0 bridgehead atoms. The molecule has 6 nitrogen and oxygen atoms in total. The first-order chi connectivity index (χ1) is 17.4. The Hall–Kier alpha value is -3.61. The van der Waals surface area contributed by atoms with Gasteiger partial charge in [-0.25, -0.2) is 4.98 Å². The maximum Gasteiger partial charge on any atom is 0.461 e. The van der Waals surface area contributed by atoms with Crippen LogP contribution in [-0.4, -0.2) is 46.4 Å². The Morgan fingerprint density at radius 2 is 1.65 bits per heavy atom. The molecule has 1 heterocycles. The van der Waals surface area contributed by atoms with E-state index in [4.69, 9.17) is 4.74 Å². The lowest BCUT2D eigenvalue weighted by Gasteiger charge is -2.27. The molecule has 0 spiro atoms. The van der Waals surface area contributed by atoms with E-state index in [1.807, 2.05) is 19.1 Å². The third-order valence-corrected chi connectivity index (χ3v) is 5.01. The molecular formula is C24H22F7N3O3. The van der Waals surface area contributed by atoms with Crippen LogP contribution >= 0.6 is 0 Å². The van der Waals surface area contributed by atoms with Crippen molar-refractivity contribution in [1.82, 2.24) is 9.97 Å². The van der Waals surface area contributed by atoms with Crippen molar-refractivity contribution in [3.05, 3.63) is 71.9 Å². The van der Waals surface area contributed by atoms with Crippen molar-refractivity contribution in [3.8, 4) is 17.4 Å². The van der Waals surface area contributed by atoms with Crippen molar-refractivity contribution in [3.63, 3.8) is 0 Å². The van der Waals surface area contributed by atoms with Crippen LogP contribution in [0.2, 0.25) is 0 Å². The highest BCUT2D eigenvalue weighted by molar-refractivity contribution is 5.38. The number of nitrogens with zero attached hydrogens (tertiary/aromatic N) is 3. The van der Waals surface area contributed by atoms with Crippen LogP contribution in [0.1, 0.15) is 18.1 Å². The highest BCUT2D eigenvalue weighted by Crippen LogP contribution is 2.29. The molecule has 1 atom stereocenters. The van der Waals surface area contributed by atoms with Gasteiger partial charge in [0.2, 0.25) is 11.8 Å². The smallest absolute Gasteiger partial charge is 0.439 e. The number of hydrogen-bond acceptors (Lipinski definition) is 6. The molecule has 200 valence electrons. The predicted octanol–water partition coefficient (Wildman–Crippen LogP) is 6.00. The summed E-state index contributed by atoms with van der Waals surface area (Å²) in [5, 5.41) is 9.66. The molecule has 37 heavy (non-hydrogen) atoms. The van der Waals surface area contributed by atoms with Gasteiger partial charge in [-0.2, -0.15) is 35.7 Å². The first-order valence-corrected chi connectivity index (χ1v) is 10.9. The molecule has 0 aliphatic rings. The summed E-state index contributed by atoms with van der Waals surface area (Å²) >= 11 is 0. The van der Waals surface area contributed by atoms with E-state index in [1.165, 1.54) is 24.4 Å². The van der Waals surface area contributed by atoms with E-state index >= 15 is 0 Å². The quantitative estimate of drug-likeness (QED) is 0.305. The van der Waals surface area contributed by atoms with Crippen molar-refractivity contribution >= 4 is 5.95 Å². The van der Waals surface area contributed by atoms with Crippen LogP contribution in [0.5, 0.6) is 17.4 Å². The number of benzene rings is 2. The highest BCUT2D eigenvalue weighted by Gasteiger charge is 2.44. The first kappa shape index (κ1) is 28.0. The molecule has 3 rings (SSSR count). The summed E-state index contributed by atoms with van der Waals surface area (Å²) in [4.78, 5) is 9.00. The summed E-state index contributed by atoms with van der Waals surface area (Å²) in [6.07, 6.45) is -14.6. The molecule has 3 aromatic rings. The summed E-state index contributed by atoms with van der Waals surface area (Å²) in [6, 6.07) is 12.9. The number of halogens is 7. The Kier molecular flexibility index (Phi) is 8.79. The summed E-state index contributed by atoms with van der Waals surface area (Å²) in [5.74, 6) is -0.495. The van der Waals surface area contributed by atoms with Crippen LogP contribution in [0, 0.1) is 0 Å². The second-order valence-corrected chi connectivity index (χ2v) is 7.84. The van der Waals surface area contributed by atoms with Crippen molar-refractivity contribution in [2.45, 2.75) is 44.7 Å². The molecule has 0 fully saturated rings. The highest BCUT2D eigenvalue weighted by atomic mass is 19.4. The lowest BCUT2D eigenvalue weighted by atomic mass is 10.2. The van der Waals surface area contributed by atoms with Crippen molar-refractivity contribution in [2.75, 3.05) is 11.4 Å². The molecule has 0 radical (unpaired) electrons. The van der Waals surface area contributed by atoms with Gasteiger partial charge < -0.3 is 19.5 Å². The maximum absolute atomic E-state index is 13.3. The van der Waals surface area contributed by atoms with Gasteiger partial charge in [0.05, 0.1) is 6.54 Å². The Morgan fingerprint density at radius 3 is 2.27 bits per heavy atom. The van der Waals surface area contributed by atoms with Crippen LogP contribution in [0.3, 0.4) is 0 Å². The standard InChI is InChI=1S/C24H22F7N3O3/c1-2-15-6-8-17(9-7-15)36-20-10-11-32-22(33-20)34(14-19(35)23(27,28)29)13-16-4-3-5-18(12-16)37-24(30,31)21(25)26/h3-12,19,21,35H,2,13-14H2,1H3. The third-order valence-electron chi connectivity index (χ3n) is 5.01. The van der Waals surface area contributed by atoms with E-state index in [2.05, 4.69) is 14.7 Å². The Labute approximate surface area is 207 Å². The minimum atomic E-state index is -4.97. The minimum absolute atomic E-state index is 0.00518. The third kappa shape index (κ3) is 7.94. The van der Waals surface area contributed by atoms with E-state index in [9.17, 15) is 35.8 Å². The molecule has 2 aromatic carbocycles. The fourth-order valence-corrected chi connectivity index (χ4v) is 3.11. The van der Waals surface area contributed by atoms with Gasteiger partial charge in [-0.3, -0.25) is 0 Å². The van der Waals surface area contributed by atoms with Crippen molar-refractivity contribution < 1.29 is 45.3 Å². The summed E-state index contributed by atoms with van der Waals surface area (Å²) < 4.78 is 101. The number of aliphatic hydroxyl groups is 1. The molecule has 1 N–H and O–H groups in total. The van der Waals surface area contributed by atoms with Gasteiger partial charge in [-0.1, -0.05) is 31.2 Å². The number of alkyl halides is 7. The largest absolute Gasteiger partial charge is 0.461 e. The second kappa shape index (κ2) is 11.6. The molecule has 0 saturated heterocycles. The lowest BCUT2D eigenvalue weighted by Crippen LogP contribution is -2.41. The van der Waals surface area contributed by atoms with Crippen LogP contribution in [0.15, 0.2) is 60.8 Å². The molecule has 0 amide bonds. The summed E-state index contributed by atoms with van der Waals surface area (Å²) in [7, 11) is 0. The first-order valence-electron chi connectivity index (χ1n) is 10.9. The topological polar surface area (TPSA) is 67.7 Å². The fourth-order valence-electron chi connectivity index (χ4n) is 3.11. The van der Waals surface area contributed by atoms with Crippen LogP contribution in [-0.2, 0) is 13.0 Å². The van der Waals surface area contributed by atoms with E-state index < -0.39 is 43.7 Å². The van der Waals surface area contributed by atoms with Crippen LogP contribution < -0.4 is 14.4 Å². The van der Waals surface area contributed by atoms with Gasteiger partial charge in [-0.05, 0) is 41.8 Å². The average Bonchev–Trinajstić information content (AvgIpc) is 2.83. The molecule has 0 aliphatic heterocycles. The lowest BCUT2D eigenvalue weighted by molar-refractivity contribution is -0.253. The number of rotatable bonds is 11. The van der Waals surface area contributed by atoms with Crippen molar-refractivity contribution in [2.24, 2.45) is 0 Å². The number of aliphatic hydroxyl groups excluding tert-OH is 1. The molecule has 1 unspecified atom stereocenters.